The predicted octanol–water partition coefficient (Wildman–Crippen LogP) is 4.99. The molecule has 4 rings (SSSR count). The number of nitrogens with zero attached hydrogens (tertiary/aromatic N) is 2. The second-order valence-corrected chi connectivity index (χ2v) is 7.22. The van der Waals surface area contributed by atoms with Crippen LogP contribution in [0.25, 0.3) is 23.0 Å². The van der Waals surface area contributed by atoms with Crippen molar-refractivity contribution in [2.24, 2.45) is 0 Å². The molecular formula is C27H22N2O5. The Morgan fingerprint density at radius 3 is 2.35 bits per heavy atom. The van der Waals surface area contributed by atoms with Crippen molar-refractivity contribution in [3.63, 3.8) is 0 Å². The Labute approximate surface area is 196 Å². The minimum absolute atomic E-state index is 0.220. The van der Waals surface area contributed by atoms with Crippen LogP contribution in [0.5, 0.6) is 17.2 Å². The summed E-state index contributed by atoms with van der Waals surface area (Å²) in [5.74, 6) is 0.659. The molecule has 4 aromatic rings. The normalized spacial score (nSPS) is 10.8. The SMILES string of the molecule is COc1ccc(-c2nn(-c3ccccc3)cc2/C=C/C(=O)Oc2ccc(C=O)cc2OC)cc1. The number of para-hydroxylation sites is 1. The summed E-state index contributed by atoms with van der Waals surface area (Å²) in [6.07, 6.45) is 5.52. The molecule has 7 heteroatoms. The van der Waals surface area contributed by atoms with Crippen LogP contribution in [0.15, 0.2) is 85.1 Å². The number of carbonyl (C=O) groups is 2. The summed E-state index contributed by atoms with van der Waals surface area (Å²) in [6, 6.07) is 21.8. The van der Waals surface area contributed by atoms with Crippen LogP contribution in [0.1, 0.15) is 15.9 Å². The highest BCUT2D eigenvalue weighted by Crippen LogP contribution is 2.29. The van der Waals surface area contributed by atoms with Crippen LogP contribution in [-0.4, -0.2) is 36.3 Å². The van der Waals surface area contributed by atoms with Crippen LogP contribution in [0.3, 0.4) is 0 Å². The van der Waals surface area contributed by atoms with E-state index in [1.807, 2.05) is 60.8 Å². The van der Waals surface area contributed by atoms with E-state index in [0.29, 0.717) is 23.3 Å². The van der Waals surface area contributed by atoms with Crippen LogP contribution in [0, 0.1) is 0 Å². The van der Waals surface area contributed by atoms with Gasteiger partial charge in [0.05, 0.1) is 25.6 Å². The summed E-state index contributed by atoms with van der Waals surface area (Å²) in [5.41, 5.74) is 3.61. The zero-order chi connectivity index (χ0) is 23.9. The smallest absolute Gasteiger partial charge is 0.336 e. The fraction of sp³-hybridized carbons (Fsp3) is 0.0741. The van der Waals surface area contributed by atoms with Gasteiger partial charge >= 0.3 is 5.97 Å². The largest absolute Gasteiger partial charge is 0.497 e. The molecule has 0 aliphatic heterocycles. The number of ether oxygens (including phenoxy) is 3. The molecule has 0 saturated carbocycles. The lowest BCUT2D eigenvalue weighted by molar-refractivity contribution is -0.129. The van der Waals surface area contributed by atoms with Gasteiger partial charge in [-0.3, -0.25) is 4.79 Å². The molecular weight excluding hydrogens is 432 g/mol. The van der Waals surface area contributed by atoms with E-state index in [1.54, 1.807) is 23.9 Å². The molecule has 0 saturated heterocycles. The highest BCUT2D eigenvalue weighted by atomic mass is 16.6. The predicted molar refractivity (Wildman–Crippen MR) is 129 cm³/mol. The molecule has 0 aliphatic rings. The van der Waals surface area contributed by atoms with Gasteiger partial charge in [0.25, 0.3) is 0 Å². The van der Waals surface area contributed by atoms with Gasteiger partial charge in [-0.25, -0.2) is 9.48 Å². The van der Waals surface area contributed by atoms with E-state index >= 15 is 0 Å². The Bertz CT molecular complexity index is 1330. The molecule has 170 valence electrons. The average molecular weight is 454 g/mol. The molecule has 0 aliphatic carbocycles. The number of aromatic nitrogens is 2. The topological polar surface area (TPSA) is 79.7 Å². The van der Waals surface area contributed by atoms with Crippen LogP contribution in [0.4, 0.5) is 0 Å². The zero-order valence-corrected chi connectivity index (χ0v) is 18.7. The molecule has 7 nitrogen and oxygen atoms in total. The maximum atomic E-state index is 12.5. The van der Waals surface area contributed by atoms with Crippen molar-refractivity contribution in [3.8, 4) is 34.2 Å². The van der Waals surface area contributed by atoms with Gasteiger partial charge in [-0.1, -0.05) is 18.2 Å². The third-order valence-corrected chi connectivity index (χ3v) is 5.06. The van der Waals surface area contributed by atoms with E-state index in [0.717, 1.165) is 22.6 Å². The Kier molecular flexibility index (Phi) is 6.84. The fourth-order valence-electron chi connectivity index (χ4n) is 3.34. The highest BCUT2D eigenvalue weighted by molar-refractivity contribution is 5.90. The maximum absolute atomic E-state index is 12.5. The lowest BCUT2D eigenvalue weighted by atomic mass is 10.1. The molecule has 1 aromatic heterocycles. The number of carbonyl (C=O) groups excluding carboxylic acids is 2. The van der Waals surface area contributed by atoms with Crippen LogP contribution < -0.4 is 14.2 Å². The number of hydrogen-bond acceptors (Lipinski definition) is 6. The number of benzene rings is 3. The summed E-state index contributed by atoms with van der Waals surface area (Å²) in [6.45, 7) is 0. The summed E-state index contributed by atoms with van der Waals surface area (Å²) >= 11 is 0. The molecule has 0 unspecified atom stereocenters. The molecule has 1 heterocycles. The minimum atomic E-state index is -0.592. The first-order valence-corrected chi connectivity index (χ1v) is 10.4. The first-order chi connectivity index (χ1) is 16.6. The van der Waals surface area contributed by atoms with Gasteiger partial charge in [-0.2, -0.15) is 5.10 Å². The van der Waals surface area contributed by atoms with Crippen molar-refractivity contribution in [1.29, 1.82) is 0 Å². The number of esters is 1. The molecule has 0 atom stereocenters. The Balaban J connectivity index is 1.64. The van der Waals surface area contributed by atoms with Gasteiger partial charge in [-0.05, 0) is 60.7 Å². The van der Waals surface area contributed by atoms with Crippen molar-refractivity contribution < 1.29 is 23.8 Å². The van der Waals surface area contributed by atoms with Crippen molar-refractivity contribution in [2.75, 3.05) is 14.2 Å². The highest BCUT2D eigenvalue weighted by Gasteiger charge is 2.13. The fourth-order valence-corrected chi connectivity index (χ4v) is 3.34. The molecule has 0 bridgehead atoms. The quantitative estimate of drug-likeness (QED) is 0.162. The van der Waals surface area contributed by atoms with Gasteiger partial charge in [0.2, 0.25) is 0 Å². The standard InChI is InChI=1S/C27H22N2O5/c1-32-23-12-9-20(10-13-23)27-21(17-29(28-27)22-6-4-3-5-7-22)11-15-26(31)34-24-14-8-19(18-30)16-25(24)33-2/h3-18H,1-2H3/b15-11+. The summed E-state index contributed by atoms with van der Waals surface area (Å²) in [4.78, 5) is 23.5. The van der Waals surface area contributed by atoms with E-state index in [9.17, 15) is 9.59 Å². The van der Waals surface area contributed by atoms with Gasteiger partial charge < -0.3 is 14.2 Å². The van der Waals surface area contributed by atoms with Crippen LogP contribution in [0.2, 0.25) is 0 Å². The van der Waals surface area contributed by atoms with Crippen LogP contribution in [-0.2, 0) is 4.79 Å². The molecule has 0 fully saturated rings. The number of rotatable bonds is 8. The monoisotopic (exact) mass is 454 g/mol. The van der Waals surface area contributed by atoms with Gasteiger partial charge in [-0.15, -0.1) is 0 Å². The molecule has 0 amide bonds. The minimum Gasteiger partial charge on any atom is -0.497 e. The number of hydrogen-bond donors (Lipinski definition) is 0. The van der Waals surface area contributed by atoms with Crippen molar-refractivity contribution in [3.05, 3.63) is 96.2 Å². The number of aldehydes is 1. The first kappa shape index (κ1) is 22.5. The summed E-state index contributed by atoms with van der Waals surface area (Å²) in [7, 11) is 3.05. The average Bonchev–Trinajstić information content (AvgIpc) is 3.32. The van der Waals surface area contributed by atoms with E-state index in [2.05, 4.69) is 0 Å². The van der Waals surface area contributed by atoms with Crippen LogP contribution >= 0.6 is 0 Å². The molecule has 0 spiro atoms. The first-order valence-electron chi connectivity index (χ1n) is 10.4. The maximum Gasteiger partial charge on any atom is 0.336 e. The molecule has 34 heavy (non-hydrogen) atoms. The lowest BCUT2D eigenvalue weighted by Crippen LogP contribution is -2.05. The third-order valence-electron chi connectivity index (χ3n) is 5.06. The third kappa shape index (κ3) is 5.05. The lowest BCUT2D eigenvalue weighted by Gasteiger charge is -2.08. The summed E-state index contributed by atoms with van der Waals surface area (Å²) in [5, 5.41) is 4.73. The van der Waals surface area contributed by atoms with E-state index in [-0.39, 0.29) is 5.75 Å². The molecule has 3 aromatic carbocycles. The summed E-state index contributed by atoms with van der Waals surface area (Å²) < 4.78 is 17.6. The Morgan fingerprint density at radius 2 is 1.68 bits per heavy atom. The van der Waals surface area contributed by atoms with Crippen molar-refractivity contribution >= 4 is 18.3 Å². The van der Waals surface area contributed by atoms with E-state index in [4.69, 9.17) is 19.3 Å². The second kappa shape index (κ2) is 10.3. The second-order valence-electron chi connectivity index (χ2n) is 7.22. The molecule has 0 radical (unpaired) electrons. The van der Waals surface area contributed by atoms with Gasteiger partial charge in [0, 0.05) is 29.0 Å². The Morgan fingerprint density at radius 1 is 0.912 bits per heavy atom. The molecule has 0 N–H and O–H groups in total. The Hall–Kier alpha value is -4.65. The van der Waals surface area contributed by atoms with Gasteiger partial charge in [0.15, 0.2) is 11.5 Å². The van der Waals surface area contributed by atoms with Gasteiger partial charge in [0.1, 0.15) is 12.0 Å². The van der Waals surface area contributed by atoms with Crippen molar-refractivity contribution in [1.82, 2.24) is 9.78 Å². The number of methoxy groups -OCH3 is 2. The van der Waals surface area contributed by atoms with Crippen molar-refractivity contribution in [2.45, 2.75) is 0 Å². The van der Waals surface area contributed by atoms with E-state index < -0.39 is 5.97 Å². The van der Waals surface area contributed by atoms with E-state index in [1.165, 1.54) is 25.3 Å². The zero-order valence-electron chi connectivity index (χ0n) is 18.7.